The molecule has 1 aliphatic heterocycles. The number of halogens is 1. The van der Waals surface area contributed by atoms with Crippen molar-refractivity contribution in [1.29, 1.82) is 0 Å². The quantitative estimate of drug-likeness (QED) is 0.650. The largest absolute Gasteiger partial charge is 0.444 e. The molecular formula is C22H29ClN6O3. The van der Waals surface area contributed by atoms with Gasteiger partial charge in [0.1, 0.15) is 5.60 Å². The number of carbonyl (C=O) groups is 2. The van der Waals surface area contributed by atoms with Gasteiger partial charge in [-0.25, -0.2) is 4.79 Å². The van der Waals surface area contributed by atoms with E-state index >= 15 is 0 Å². The number of hydrogen-bond acceptors (Lipinski definition) is 6. The predicted octanol–water partition coefficient (Wildman–Crippen LogP) is 3.16. The number of tetrazole rings is 1. The Hall–Kier alpha value is -2.94. The second-order valence-corrected chi connectivity index (χ2v) is 9.29. The van der Waals surface area contributed by atoms with Crippen LogP contribution in [0.5, 0.6) is 0 Å². The molecular weight excluding hydrogens is 432 g/mol. The number of amides is 2. The maximum atomic E-state index is 12.9. The van der Waals surface area contributed by atoms with Gasteiger partial charge in [-0.3, -0.25) is 4.79 Å². The van der Waals surface area contributed by atoms with Gasteiger partial charge in [-0.05, 0) is 69.2 Å². The zero-order valence-corrected chi connectivity index (χ0v) is 19.8. The average molecular weight is 461 g/mol. The summed E-state index contributed by atoms with van der Waals surface area (Å²) in [6, 6.07) is 5.33. The van der Waals surface area contributed by atoms with Gasteiger partial charge in [-0.1, -0.05) is 17.7 Å². The summed E-state index contributed by atoms with van der Waals surface area (Å²) in [5.74, 6) is 0.468. The minimum absolute atomic E-state index is 0.114. The standard InChI is InChI=1S/C22H29ClN6O3/c1-15-13-27(21(31)32-22(3,4)5)10-11-28(15)20(30)9-7-17-6-8-19(23)12-18(17)14-29-25-16(2)24-26-29/h6-9,12,15H,10-11,13-14H2,1-5H3/b9-7+/t15-/m1/s1. The van der Waals surface area contributed by atoms with Crippen molar-refractivity contribution in [3.8, 4) is 0 Å². The molecule has 1 aromatic heterocycles. The summed E-state index contributed by atoms with van der Waals surface area (Å²) in [7, 11) is 0. The number of rotatable bonds is 4. The predicted molar refractivity (Wildman–Crippen MR) is 121 cm³/mol. The monoisotopic (exact) mass is 460 g/mol. The number of nitrogens with zero attached hydrogens (tertiary/aromatic N) is 6. The molecule has 0 N–H and O–H groups in total. The molecule has 0 aliphatic carbocycles. The number of piperazine rings is 1. The molecule has 1 atom stereocenters. The zero-order chi connectivity index (χ0) is 23.5. The first kappa shape index (κ1) is 23.7. The maximum Gasteiger partial charge on any atom is 0.410 e. The first-order valence-electron chi connectivity index (χ1n) is 10.5. The van der Waals surface area contributed by atoms with Crippen molar-refractivity contribution >= 4 is 29.7 Å². The Morgan fingerprint density at radius 1 is 1.28 bits per heavy atom. The number of ether oxygens (including phenoxy) is 1. The van der Waals surface area contributed by atoms with Crippen molar-refractivity contribution in [1.82, 2.24) is 30.0 Å². The third kappa shape index (κ3) is 6.29. The van der Waals surface area contributed by atoms with Gasteiger partial charge in [0.15, 0.2) is 5.82 Å². The average Bonchev–Trinajstić information content (AvgIpc) is 3.10. The number of hydrogen-bond donors (Lipinski definition) is 0. The molecule has 172 valence electrons. The van der Waals surface area contributed by atoms with Gasteiger partial charge in [-0.2, -0.15) is 4.80 Å². The molecule has 1 aliphatic rings. The van der Waals surface area contributed by atoms with Crippen molar-refractivity contribution < 1.29 is 14.3 Å². The lowest BCUT2D eigenvalue weighted by molar-refractivity contribution is -0.130. The lowest BCUT2D eigenvalue weighted by atomic mass is 10.1. The fourth-order valence-corrected chi connectivity index (χ4v) is 3.65. The Labute approximate surface area is 193 Å². The van der Waals surface area contributed by atoms with Crippen LogP contribution < -0.4 is 0 Å². The van der Waals surface area contributed by atoms with Crippen LogP contribution >= 0.6 is 11.6 Å². The first-order valence-corrected chi connectivity index (χ1v) is 10.9. The Kier molecular flexibility index (Phi) is 7.18. The molecule has 0 bridgehead atoms. The van der Waals surface area contributed by atoms with Crippen LogP contribution in [0.4, 0.5) is 4.79 Å². The Morgan fingerprint density at radius 3 is 2.66 bits per heavy atom. The molecule has 10 heteroatoms. The van der Waals surface area contributed by atoms with E-state index in [1.807, 2.05) is 39.8 Å². The highest BCUT2D eigenvalue weighted by Crippen LogP contribution is 2.20. The Balaban J connectivity index is 1.66. The van der Waals surface area contributed by atoms with E-state index in [9.17, 15) is 9.59 Å². The van der Waals surface area contributed by atoms with E-state index in [0.717, 1.165) is 11.1 Å². The number of aryl methyl sites for hydroxylation is 1. The van der Waals surface area contributed by atoms with Crippen LogP contribution in [0, 0.1) is 6.92 Å². The molecule has 0 radical (unpaired) electrons. The maximum absolute atomic E-state index is 12.9. The number of carbonyl (C=O) groups excluding carboxylic acids is 2. The Morgan fingerprint density at radius 2 is 2.03 bits per heavy atom. The van der Waals surface area contributed by atoms with Gasteiger partial charge < -0.3 is 14.5 Å². The molecule has 2 heterocycles. The van der Waals surface area contributed by atoms with Crippen LogP contribution in [0.2, 0.25) is 5.02 Å². The molecule has 0 unspecified atom stereocenters. The third-order valence-electron chi connectivity index (χ3n) is 4.94. The first-order chi connectivity index (χ1) is 15.0. The van der Waals surface area contributed by atoms with Crippen LogP contribution in [0.1, 0.15) is 44.6 Å². The van der Waals surface area contributed by atoms with Gasteiger partial charge in [-0.15, -0.1) is 10.2 Å². The second-order valence-electron chi connectivity index (χ2n) is 8.85. The molecule has 0 saturated carbocycles. The molecule has 32 heavy (non-hydrogen) atoms. The smallest absolute Gasteiger partial charge is 0.410 e. The Bertz CT molecular complexity index is 1010. The second kappa shape index (κ2) is 9.68. The van der Waals surface area contributed by atoms with Gasteiger partial charge >= 0.3 is 6.09 Å². The number of benzene rings is 1. The molecule has 0 spiro atoms. The van der Waals surface area contributed by atoms with Crippen LogP contribution in [-0.2, 0) is 16.1 Å². The van der Waals surface area contributed by atoms with Crippen LogP contribution in [0.25, 0.3) is 6.08 Å². The summed E-state index contributed by atoms with van der Waals surface area (Å²) in [4.78, 5) is 30.1. The van der Waals surface area contributed by atoms with Crippen molar-refractivity contribution in [3.05, 3.63) is 46.2 Å². The zero-order valence-electron chi connectivity index (χ0n) is 19.1. The van der Waals surface area contributed by atoms with Crippen LogP contribution in [-0.4, -0.2) is 73.3 Å². The van der Waals surface area contributed by atoms with Crippen molar-refractivity contribution in [2.75, 3.05) is 19.6 Å². The van der Waals surface area contributed by atoms with Gasteiger partial charge in [0, 0.05) is 36.8 Å². The molecule has 9 nitrogen and oxygen atoms in total. The van der Waals surface area contributed by atoms with Gasteiger partial charge in [0.05, 0.1) is 6.54 Å². The van der Waals surface area contributed by atoms with E-state index in [4.69, 9.17) is 16.3 Å². The van der Waals surface area contributed by atoms with E-state index in [1.54, 1.807) is 34.9 Å². The van der Waals surface area contributed by atoms with Crippen molar-refractivity contribution in [2.45, 2.75) is 52.8 Å². The highest BCUT2D eigenvalue weighted by Gasteiger charge is 2.31. The molecule has 1 aromatic carbocycles. The SMILES string of the molecule is Cc1nnn(Cc2cc(Cl)ccc2/C=C/C(=O)N2CCN(C(=O)OC(C)(C)C)C[C@H]2C)n1. The summed E-state index contributed by atoms with van der Waals surface area (Å²) in [5.41, 5.74) is 1.17. The van der Waals surface area contributed by atoms with E-state index in [2.05, 4.69) is 15.4 Å². The molecule has 2 aromatic rings. The number of aromatic nitrogens is 4. The van der Waals surface area contributed by atoms with Crippen LogP contribution in [0.15, 0.2) is 24.3 Å². The van der Waals surface area contributed by atoms with Crippen molar-refractivity contribution in [3.63, 3.8) is 0 Å². The fraction of sp³-hybridized carbons (Fsp3) is 0.500. The van der Waals surface area contributed by atoms with Gasteiger partial charge in [0.25, 0.3) is 0 Å². The molecule has 2 amide bonds. The molecule has 3 rings (SSSR count). The summed E-state index contributed by atoms with van der Waals surface area (Å²) in [6.07, 6.45) is 2.96. The normalized spacial score (nSPS) is 17.1. The van der Waals surface area contributed by atoms with Crippen LogP contribution in [0.3, 0.4) is 0 Å². The van der Waals surface area contributed by atoms with E-state index in [0.29, 0.717) is 37.0 Å². The van der Waals surface area contributed by atoms with E-state index in [-0.39, 0.29) is 18.0 Å². The third-order valence-corrected chi connectivity index (χ3v) is 5.17. The van der Waals surface area contributed by atoms with E-state index < -0.39 is 5.60 Å². The lowest BCUT2D eigenvalue weighted by Crippen LogP contribution is -2.55. The fourth-order valence-electron chi connectivity index (χ4n) is 3.45. The molecule has 1 fully saturated rings. The minimum atomic E-state index is -0.549. The van der Waals surface area contributed by atoms with E-state index in [1.165, 1.54) is 4.80 Å². The molecule has 1 saturated heterocycles. The lowest BCUT2D eigenvalue weighted by Gasteiger charge is -2.39. The summed E-state index contributed by atoms with van der Waals surface area (Å²) in [6.45, 7) is 10.9. The summed E-state index contributed by atoms with van der Waals surface area (Å²) >= 11 is 6.16. The summed E-state index contributed by atoms with van der Waals surface area (Å²) < 4.78 is 5.44. The highest BCUT2D eigenvalue weighted by molar-refractivity contribution is 6.30. The highest BCUT2D eigenvalue weighted by atomic mass is 35.5. The summed E-state index contributed by atoms with van der Waals surface area (Å²) in [5, 5.41) is 12.7. The minimum Gasteiger partial charge on any atom is -0.444 e. The van der Waals surface area contributed by atoms with Gasteiger partial charge in [0.2, 0.25) is 5.91 Å². The van der Waals surface area contributed by atoms with Crippen molar-refractivity contribution in [2.24, 2.45) is 0 Å². The topological polar surface area (TPSA) is 93.5 Å².